The zero-order valence-corrected chi connectivity index (χ0v) is 32.7. The Bertz CT molecular complexity index is 1650. The normalized spacial score (nSPS) is 26.6. The Morgan fingerprint density at radius 3 is 2.47 bits per heavy atom. The van der Waals surface area contributed by atoms with Crippen molar-refractivity contribution in [3.63, 3.8) is 0 Å². The zero-order valence-electron chi connectivity index (χ0n) is 30.4. The molecule has 2 N–H and O–H groups in total. The number of allylic oxidation sites excluding steroid dienone is 1. The van der Waals surface area contributed by atoms with Crippen molar-refractivity contribution in [1.82, 2.24) is 10.2 Å². The topological polar surface area (TPSA) is 135 Å². The van der Waals surface area contributed by atoms with E-state index in [4.69, 9.17) is 25.8 Å². The third kappa shape index (κ3) is 7.98. The third-order valence-electron chi connectivity index (χ3n) is 10.8. The molecule has 2 bridgehead atoms. The fourth-order valence-electron chi connectivity index (χ4n) is 8.13. The first-order chi connectivity index (χ1) is 25.5. The van der Waals surface area contributed by atoms with Crippen molar-refractivity contribution in [2.75, 3.05) is 31.8 Å². The average molecular weight is 815 g/mol. The molecule has 3 saturated heterocycles. The lowest BCUT2D eigenvalue weighted by atomic mass is 9.70. The third-order valence-corrected chi connectivity index (χ3v) is 11.9. The van der Waals surface area contributed by atoms with Gasteiger partial charge in [0.1, 0.15) is 17.7 Å². The lowest BCUT2D eigenvalue weighted by Crippen LogP contribution is -2.60. The molecule has 1 unspecified atom stereocenters. The van der Waals surface area contributed by atoms with E-state index in [1.165, 1.54) is 16.9 Å². The maximum Gasteiger partial charge on any atom is 0.313 e. The molecule has 10 atom stereocenters. The average Bonchev–Trinajstić information content (AvgIpc) is 3.75. The van der Waals surface area contributed by atoms with E-state index in [0.29, 0.717) is 29.1 Å². The molecule has 5 rings (SSSR count). The van der Waals surface area contributed by atoms with Crippen molar-refractivity contribution in [3.8, 4) is 0 Å². The predicted octanol–water partition coefficient (Wildman–Crippen LogP) is 5.40. The van der Waals surface area contributed by atoms with Crippen LogP contribution in [0.15, 0.2) is 79.9 Å². The van der Waals surface area contributed by atoms with E-state index in [9.17, 15) is 19.5 Å². The number of aliphatic hydroxyl groups excluding tert-OH is 1. The molecule has 3 aliphatic rings. The fourth-order valence-corrected chi connectivity index (χ4v) is 9.20. The molecular weight excluding hydrogens is 766 g/mol. The summed E-state index contributed by atoms with van der Waals surface area (Å²) in [5.74, 6) is -4.23. The highest BCUT2D eigenvalue weighted by Gasteiger charge is 2.78. The second-order valence-corrected chi connectivity index (χ2v) is 15.6. The number of hydrogen-bond acceptors (Lipinski definition) is 8. The molecule has 0 aliphatic carbocycles. The van der Waals surface area contributed by atoms with E-state index in [-0.39, 0.29) is 37.8 Å². The second-order valence-electron chi connectivity index (χ2n) is 14.0. The summed E-state index contributed by atoms with van der Waals surface area (Å²) < 4.78 is 18.6. The van der Waals surface area contributed by atoms with Gasteiger partial charge < -0.3 is 34.4 Å². The molecule has 1 spiro atoms. The number of alkyl halides is 1. The van der Waals surface area contributed by atoms with E-state index in [1.54, 1.807) is 60.7 Å². The molecule has 2 aromatic rings. The van der Waals surface area contributed by atoms with E-state index in [1.807, 2.05) is 19.9 Å². The number of fused-ring (bicyclic) bond motifs is 1. The molecule has 3 aliphatic heterocycles. The Hall–Kier alpha value is -3.55. The summed E-state index contributed by atoms with van der Waals surface area (Å²) in [5, 5.41) is 14.2. The number of methoxy groups -OCH3 is 1. The van der Waals surface area contributed by atoms with Crippen molar-refractivity contribution in [1.29, 1.82) is 0 Å². The smallest absolute Gasteiger partial charge is 0.313 e. The summed E-state index contributed by atoms with van der Waals surface area (Å²) >= 11 is 9.93. The van der Waals surface area contributed by atoms with Gasteiger partial charge in [0.15, 0.2) is 0 Å². The first-order valence-electron chi connectivity index (χ1n) is 18.0. The molecule has 0 saturated carbocycles. The van der Waals surface area contributed by atoms with Crippen molar-refractivity contribution in [2.24, 2.45) is 17.8 Å². The quantitative estimate of drug-likeness (QED) is 0.116. The Morgan fingerprint density at radius 1 is 1.17 bits per heavy atom. The number of halogens is 2. The van der Waals surface area contributed by atoms with Gasteiger partial charge in [0, 0.05) is 35.6 Å². The first-order valence-corrected chi connectivity index (χ1v) is 19.3. The van der Waals surface area contributed by atoms with Crippen LogP contribution in [-0.2, 0) is 33.4 Å². The summed E-state index contributed by atoms with van der Waals surface area (Å²) in [6.45, 7) is 11.2. The van der Waals surface area contributed by atoms with Gasteiger partial charge in [0.2, 0.25) is 11.8 Å². The summed E-state index contributed by atoms with van der Waals surface area (Å²) in [6.07, 6.45) is 3.00. The fraction of sp³-hybridized carbons (Fsp3) is 0.500. The van der Waals surface area contributed by atoms with Crippen LogP contribution in [0, 0.1) is 17.8 Å². The molecule has 2 aromatic carbocycles. The minimum Gasteiger partial charge on any atom is -0.455 e. The number of carbonyl (C=O) groups excluding carboxylic acids is 4. The van der Waals surface area contributed by atoms with E-state index in [0.717, 1.165) is 0 Å². The number of ether oxygens (including phenoxy) is 3. The number of carbonyl (C=O) groups is 4. The van der Waals surface area contributed by atoms with E-state index < -0.39 is 77.0 Å². The van der Waals surface area contributed by atoms with Crippen molar-refractivity contribution < 1.29 is 38.5 Å². The number of likely N-dealkylation sites (tertiary alicyclic amines) is 1. The summed E-state index contributed by atoms with van der Waals surface area (Å²) in [4.78, 5) is 60.2. The Kier molecular flexibility index (Phi) is 13.6. The van der Waals surface area contributed by atoms with Gasteiger partial charge in [-0.05, 0) is 48.6 Å². The molecule has 3 amide bonds. The Balaban J connectivity index is 1.57. The standard InChI is InChI=1S/C40H49BrClN3O8/c1-6-9-15-31(47)43-29(23-51-5)34(25-13-11-10-12-14-25)52-39(50)32-33-37(48)45(30(22-46)24(4)8-3)36(40(33)21-28(41)35(32)53-40)38(49)44(20-7-2)27-18-16-26(42)17-19-27/h6-7,10-14,16-19,24,28-30,32-36,46H,1-2,8-9,15,20-23H2,3-5H3,(H,43,47)/t24-,28?,29+,30-,32-,33+,34+,35-,36-,40+/m0/s1. The Morgan fingerprint density at radius 2 is 1.87 bits per heavy atom. The van der Waals surface area contributed by atoms with E-state index >= 15 is 4.79 Å². The van der Waals surface area contributed by atoms with Gasteiger partial charge in [0.25, 0.3) is 5.91 Å². The number of aliphatic hydroxyl groups is 1. The number of nitrogens with zero attached hydrogens (tertiary/aromatic N) is 2. The van der Waals surface area contributed by atoms with Crippen LogP contribution in [0.4, 0.5) is 5.69 Å². The van der Waals surface area contributed by atoms with Crippen LogP contribution < -0.4 is 10.2 Å². The van der Waals surface area contributed by atoms with Gasteiger partial charge in [-0.15, -0.1) is 13.2 Å². The molecule has 53 heavy (non-hydrogen) atoms. The van der Waals surface area contributed by atoms with Crippen molar-refractivity contribution in [3.05, 3.63) is 90.5 Å². The highest BCUT2D eigenvalue weighted by Crippen LogP contribution is 2.61. The van der Waals surface area contributed by atoms with Crippen LogP contribution in [0.3, 0.4) is 0 Å². The van der Waals surface area contributed by atoms with Crippen LogP contribution in [0.2, 0.25) is 5.02 Å². The molecule has 11 nitrogen and oxygen atoms in total. The number of amides is 3. The molecule has 13 heteroatoms. The molecule has 3 fully saturated rings. The van der Waals surface area contributed by atoms with Gasteiger partial charge in [-0.1, -0.05) is 90.3 Å². The SMILES string of the molecule is C=CCCC(=O)N[C@H](COC)[C@H](OC(=O)[C@@H]1[C@H]2O[C@@]3(CC2Br)[C@H](C(=O)N(CC=C)c2ccc(Cl)cc2)N([C@@H](CO)[C@@H](C)CC)C(=O)[C@@H]13)c1ccccc1. The maximum atomic E-state index is 15.0. The van der Waals surface area contributed by atoms with Crippen LogP contribution in [-0.4, -0.2) is 95.2 Å². The van der Waals surface area contributed by atoms with Crippen LogP contribution in [0.25, 0.3) is 0 Å². The van der Waals surface area contributed by atoms with Gasteiger partial charge in [0.05, 0.1) is 43.2 Å². The number of nitrogens with one attached hydrogen (secondary N) is 1. The maximum absolute atomic E-state index is 15.0. The van der Waals surface area contributed by atoms with Gasteiger partial charge in [-0.25, -0.2) is 0 Å². The predicted molar refractivity (Wildman–Crippen MR) is 205 cm³/mol. The highest BCUT2D eigenvalue weighted by molar-refractivity contribution is 9.09. The Labute approximate surface area is 324 Å². The molecular formula is C40H49BrClN3O8. The molecule has 3 heterocycles. The summed E-state index contributed by atoms with van der Waals surface area (Å²) in [6, 6.07) is 13.1. The van der Waals surface area contributed by atoms with Crippen LogP contribution >= 0.6 is 27.5 Å². The van der Waals surface area contributed by atoms with Crippen LogP contribution in [0.1, 0.15) is 51.2 Å². The minimum absolute atomic E-state index is 0.0336. The summed E-state index contributed by atoms with van der Waals surface area (Å²) in [7, 11) is 1.49. The van der Waals surface area contributed by atoms with Gasteiger partial charge in [-0.3, -0.25) is 19.2 Å². The molecule has 0 aromatic heterocycles. The number of benzene rings is 2. The zero-order chi connectivity index (χ0) is 38.4. The summed E-state index contributed by atoms with van der Waals surface area (Å²) in [5.41, 5.74) is -0.260. The van der Waals surface area contributed by atoms with Gasteiger partial charge >= 0.3 is 5.97 Å². The lowest BCUT2D eigenvalue weighted by molar-refractivity contribution is -0.163. The molecule has 0 radical (unpaired) electrons. The highest BCUT2D eigenvalue weighted by atomic mass is 79.9. The van der Waals surface area contributed by atoms with E-state index in [2.05, 4.69) is 34.4 Å². The van der Waals surface area contributed by atoms with Crippen molar-refractivity contribution >= 4 is 56.9 Å². The lowest BCUT2D eigenvalue weighted by Gasteiger charge is -2.41. The number of anilines is 1. The molecule has 286 valence electrons. The number of esters is 1. The largest absolute Gasteiger partial charge is 0.455 e. The number of rotatable bonds is 18. The monoisotopic (exact) mass is 813 g/mol. The van der Waals surface area contributed by atoms with Crippen LogP contribution in [0.5, 0.6) is 0 Å². The van der Waals surface area contributed by atoms with Gasteiger partial charge in [-0.2, -0.15) is 0 Å². The van der Waals surface area contributed by atoms with Crippen molar-refractivity contribution in [2.45, 2.75) is 80.3 Å². The number of hydrogen-bond donors (Lipinski definition) is 2. The first kappa shape index (κ1) is 40.6. The minimum atomic E-state index is -1.42. The second kappa shape index (κ2) is 17.7.